The summed E-state index contributed by atoms with van der Waals surface area (Å²) in [6.45, 7) is 8.40. The largest absolute Gasteiger partial charge is 0.383 e. The van der Waals surface area contributed by atoms with Gasteiger partial charge in [-0.2, -0.15) is 0 Å². The fraction of sp³-hybridized carbons (Fsp3) is 0.647. The molecule has 0 aliphatic heterocycles. The van der Waals surface area contributed by atoms with Crippen molar-refractivity contribution in [3.8, 4) is 0 Å². The molecule has 1 aromatic rings. The summed E-state index contributed by atoms with van der Waals surface area (Å²) in [5, 5.41) is 0. The second kappa shape index (κ2) is 9.11. The van der Waals surface area contributed by atoms with Crippen LogP contribution in [0.25, 0.3) is 0 Å². The first-order chi connectivity index (χ1) is 9.65. The van der Waals surface area contributed by atoms with Crippen LogP contribution < -0.4 is 5.73 Å². The van der Waals surface area contributed by atoms with Gasteiger partial charge in [0.05, 0.1) is 6.61 Å². The van der Waals surface area contributed by atoms with Crippen LogP contribution >= 0.6 is 0 Å². The highest BCUT2D eigenvalue weighted by atomic mass is 16.5. The van der Waals surface area contributed by atoms with Crippen molar-refractivity contribution in [2.45, 2.75) is 51.7 Å². The first-order valence-electron chi connectivity index (χ1n) is 7.70. The van der Waals surface area contributed by atoms with Crippen LogP contribution in [-0.4, -0.2) is 37.2 Å². The molecule has 0 bridgehead atoms. The van der Waals surface area contributed by atoms with Crippen LogP contribution in [-0.2, 0) is 4.74 Å². The average Bonchev–Trinajstić information content (AvgIpc) is 2.51. The van der Waals surface area contributed by atoms with Crippen LogP contribution in [0, 0.1) is 0 Å². The quantitative estimate of drug-likeness (QED) is 0.754. The zero-order valence-electron chi connectivity index (χ0n) is 13.4. The summed E-state index contributed by atoms with van der Waals surface area (Å²) >= 11 is 0. The summed E-state index contributed by atoms with van der Waals surface area (Å²) in [5.41, 5.74) is 7.68. The molecule has 0 amide bonds. The number of nitrogens with zero attached hydrogens (tertiary/aromatic N) is 1. The lowest BCUT2D eigenvalue weighted by Gasteiger charge is -2.38. The summed E-state index contributed by atoms with van der Waals surface area (Å²) < 4.78 is 5.26. The molecule has 3 nitrogen and oxygen atoms in total. The molecule has 1 rings (SSSR count). The van der Waals surface area contributed by atoms with Gasteiger partial charge >= 0.3 is 0 Å². The Labute approximate surface area is 124 Å². The Bertz CT molecular complexity index is 351. The second-order valence-electron chi connectivity index (χ2n) is 5.38. The van der Waals surface area contributed by atoms with Crippen molar-refractivity contribution < 1.29 is 4.74 Å². The van der Waals surface area contributed by atoms with E-state index in [-0.39, 0.29) is 6.04 Å². The van der Waals surface area contributed by atoms with Crippen molar-refractivity contribution >= 4 is 0 Å². The van der Waals surface area contributed by atoms with Crippen LogP contribution in [0.4, 0.5) is 0 Å². The smallest absolute Gasteiger partial charge is 0.0589 e. The Hall–Kier alpha value is -0.900. The van der Waals surface area contributed by atoms with Gasteiger partial charge in [0.1, 0.15) is 0 Å². The molecule has 20 heavy (non-hydrogen) atoms. The Morgan fingerprint density at radius 1 is 1.15 bits per heavy atom. The van der Waals surface area contributed by atoms with Crippen LogP contribution in [0.3, 0.4) is 0 Å². The Kier molecular flexibility index (Phi) is 7.82. The van der Waals surface area contributed by atoms with Crippen molar-refractivity contribution in [2.24, 2.45) is 5.73 Å². The van der Waals surface area contributed by atoms with E-state index < -0.39 is 0 Å². The highest BCUT2D eigenvalue weighted by Gasteiger charge is 2.26. The minimum absolute atomic E-state index is 0.0358. The van der Waals surface area contributed by atoms with Gasteiger partial charge in [0.15, 0.2) is 0 Å². The molecule has 2 N–H and O–H groups in total. The summed E-state index contributed by atoms with van der Waals surface area (Å²) in [4.78, 5) is 2.50. The Morgan fingerprint density at radius 2 is 1.75 bits per heavy atom. The average molecular weight is 278 g/mol. The Morgan fingerprint density at radius 3 is 2.25 bits per heavy atom. The zero-order valence-corrected chi connectivity index (χ0v) is 13.4. The molecule has 0 saturated heterocycles. The van der Waals surface area contributed by atoms with E-state index in [0.29, 0.717) is 12.1 Å². The first-order valence-corrected chi connectivity index (χ1v) is 7.70. The number of methoxy groups -OCH3 is 1. The fourth-order valence-electron chi connectivity index (χ4n) is 2.83. The molecule has 0 radical (unpaired) electrons. The van der Waals surface area contributed by atoms with Crippen LogP contribution in [0.1, 0.15) is 45.2 Å². The van der Waals surface area contributed by atoms with Gasteiger partial charge in [-0.3, -0.25) is 4.90 Å². The zero-order chi connectivity index (χ0) is 15.0. The number of ether oxygens (including phenoxy) is 1. The highest BCUT2D eigenvalue weighted by Crippen LogP contribution is 2.22. The van der Waals surface area contributed by atoms with Gasteiger partial charge in [0.25, 0.3) is 0 Å². The van der Waals surface area contributed by atoms with Crippen LogP contribution in [0.2, 0.25) is 0 Å². The van der Waals surface area contributed by atoms with Gasteiger partial charge in [0.2, 0.25) is 0 Å². The predicted molar refractivity (Wildman–Crippen MR) is 85.8 cm³/mol. The maximum atomic E-state index is 6.48. The second-order valence-corrected chi connectivity index (χ2v) is 5.38. The van der Waals surface area contributed by atoms with Gasteiger partial charge in [-0.15, -0.1) is 0 Å². The highest BCUT2D eigenvalue weighted by molar-refractivity contribution is 5.20. The third-order valence-electron chi connectivity index (χ3n) is 4.19. The fourth-order valence-corrected chi connectivity index (χ4v) is 2.83. The molecular weight excluding hydrogens is 248 g/mol. The van der Waals surface area contributed by atoms with E-state index in [1.54, 1.807) is 7.11 Å². The molecule has 0 spiro atoms. The maximum absolute atomic E-state index is 6.48. The van der Waals surface area contributed by atoms with E-state index in [1.807, 2.05) is 6.07 Å². The molecule has 114 valence electrons. The molecule has 2 atom stereocenters. The van der Waals surface area contributed by atoms with Gasteiger partial charge in [-0.05, 0) is 25.3 Å². The molecule has 2 unspecified atom stereocenters. The van der Waals surface area contributed by atoms with Crippen molar-refractivity contribution in [3.63, 3.8) is 0 Å². The minimum atomic E-state index is 0.0358. The number of nitrogens with two attached hydrogens (primary N) is 1. The SMILES string of the molecule is CCC(CC)N(CCOC)C(C)C(N)c1ccccc1. The van der Waals surface area contributed by atoms with E-state index in [4.69, 9.17) is 10.5 Å². The molecular formula is C17H30N2O. The molecule has 0 heterocycles. The van der Waals surface area contributed by atoms with Crippen molar-refractivity contribution in [3.05, 3.63) is 35.9 Å². The van der Waals surface area contributed by atoms with Crippen molar-refractivity contribution in [1.82, 2.24) is 4.90 Å². The standard InChI is InChI=1S/C17H30N2O/c1-5-16(6-2)19(12-13-20-4)14(3)17(18)15-10-8-7-9-11-15/h7-11,14,16-17H,5-6,12-13,18H2,1-4H3. The van der Waals surface area contributed by atoms with E-state index in [2.05, 4.69) is 49.9 Å². The van der Waals surface area contributed by atoms with Gasteiger partial charge in [-0.1, -0.05) is 44.2 Å². The lowest BCUT2D eigenvalue weighted by Crippen LogP contribution is -2.47. The lowest BCUT2D eigenvalue weighted by molar-refractivity contribution is 0.0754. The predicted octanol–water partition coefficient (Wildman–Crippen LogP) is 3.21. The number of hydrogen-bond acceptors (Lipinski definition) is 3. The number of hydrogen-bond donors (Lipinski definition) is 1. The molecule has 1 aromatic carbocycles. The van der Waals surface area contributed by atoms with Crippen molar-refractivity contribution in [2.75, 3.05) is 20.3 Å². The van der Waals surface area contributed by atoms with Gasteiger partial charge in [-0.25, -0.2) is 0 Å². The molecule has 0 fully saturated rings. The lowest BCUT2D eigenvalue weighted by atomic mass is 9.97. The normalized spacial score (nSPS) is 14.8. The molecule has 0 saturated carbocycles. The van der Waals surface area contributed by atoms with Gasteiger partial charge in [0, 0.05) is 31.8 Å². The van der Waals surface area contributed by atoms with E-state index >= 15 is 0 Å². The van der Waals surface area contributed by atoms with E-state index in [0.717, 1.165) is 26.0 Å². The van der Waals surface area contributed by atoms with Crippen LogP contribution in [0.15, 0.2) is 30.3 Å². The van der Waals surface area contributed by atoms with E-state index in [1.165, 1.54) is 5.56 Å². The summed E-state index contributed by atoms with van der Waals surface area (Å²) in [5.74, 6) is 0. The third-order valence-corrected chi connectivity index (χ3v) is 4.19. The minimum Gasteiger partial charge on any atom is -0.383 e. The van der Waals surface area contributed by atoms with E-state index in [9.17, 15) is 0 Å². The maximum Gasteiger partial charge on any atom is 0.0589 e. The monoisotopic (exact) mass is 278 g/mol. The topological polar surface area (TPSA) is 38.5 Å². The summed E-state index contributed by atoms with van der Waals surface area (Å²) in [6.07, 6.45) is 2.29. The first kappa shape index (κ1) is 17.2. The van der Waals surface area contributed by atoms with Gasteiger partial charge < -0.3 is 10.5 Å². The molecule has 0 aromatic heterocycles. The van der Waals surface area contributed by atoms with Crippen LogP contribution in [0.5, 0.6) is 0 Å². The molecule has 0 aliphatic rings. The summed E-state index contributed by atoms with van der Waals surface area (Å²) in [7, 11) is 1.76. The number of benzene rings is 1. The number of rotatable bonds is 9. The Balaban J connectivity index is 2.83. The molecule has 3 heteroatoms. The molecule has 0 aliphatic carbocycles. The summed E-state index contributed by atoms with van der Waals surface area (Å²) in [6, 6.07) is 11.3. The van der Waals surface area contributed by atoms with Crippen molar-refractivity contribution in [1.29, 1.82) is 0 Å². The third kappa shape index (κ3) is 4.58.